The van der Waals surface area contributed by atoms with Gasteiger partial charge in [-0.15, -0.1) is 0 Å². The standard InChI is InChI=1S/C18H13F3O4/c1-23-15-7-13-12(8-17(22)25-14(13)9-16(15)24-2)10-3-5-11(6-4-10)18(19,20)21/h3-9H,1-2H3. The fourth-order valence-electron chi connectivity index (χ4n) is 2.57. The summed E-state index contributed by atoms with van der Waals surface area (Å²) < 4.78 is 53.8. The van der Waals surface area contributed by atoms with Crippen molar-refractivity contribution in [3.05, 3.63) is 58.4 Å². The Bertz CT molecular complexity index is 973. The van der Waals surface area contributed by atoms with E-state index in [4.69, 9.17) is 13.9 Å². The van der Waals surface area contributed by atoms with Gasteiger partial charge in [-0.05, 0) is 29.3 Å². The second kappa shape index (κ2) is 6.16. The summed E-state index contributed by atoms with van der Waals surface area (Å²) in [6, 6.07) is 8.92. The fourth-order valence-corrected chi connectivity index (χ4v) is 2.57. The number of rotatable bonds is 3. The highest BCUT2D eigenvalue weighted by molar-refractivity contribution is 5.95. The zero-order valence-corrected chi connectivity index (χ0v) is 13.3. The van der Waals surface area contributed by atoms with Gasteiger partial charge in [0.15, 0.2) is 11.5 Å². The zero-order valence-electron chi connectivity index (χ0n) is 13.3. The van der Waals surface area contributed by atoms with Crippen molar-refractivity contribution < 1.29 is 27.1 Å². The molecule has 0 amide bonds. The van der Waals surface area contributed by atoms with Crippen molar-refractivity contribution >= 4 is 11.0 Å². The zero-order chi connectivity index (χ0) is 18.2. The van der Waals surface area contributed by atoms with Gasteiger partial charge in [-0.2, -0.15) is 13.2 Å². The van der Waals surface area contributed by atoms with Gasteiger partial charge in [0.05, 0.1) is 19.8 Å². The third-order valence-electron chi connectivity index (χ3n) is 3.77. The van der Waals surface area contributed by atoms with Crippen molar-refractivity contribution in [2.24, 2.45) is 0 Å². The quantitative estimate of drug-likeness (QED) is 0.653. The molecule has 0 spiro atoms. The molecule has 0 bridgehead atoms. The molecule has 0 unspecified atom stereocenters. The van der Waals surface area contributed by atoms with Crippen LogP contribution in [0.1, 0.15) is 5.56 Å². The Balaban J connectivity index is 2.23. The minimum absolute atomic E-state index is 0.250. The maximum absolute atomic E-state index is 12.7. The molecular weight excluding hydrogens is 337 g/mol. The topological polar surface area (TPSA) is 48.7 Å². The summed E-state index contributed by atoms with van der Waals surface area (Å²) in [4.78, 5) is 11.8. The molecule has 0 atom stereocenters. The molecule has 0 radical (unpaired) electrons. The van der Waals surface area contributed by atoms with E-state index in [0.29, 0.717) is 28.0 Å². The molecule has 4 nitrogen and oxygen atoms in total. The second-order valence-electron chi connectivity index (χ2n) is 5.26. The predicted molar refractivity (Wildman–Crippen MR) is 86.0 cm³/mol. The molecule has 3 rings (SSSR count). The molecule has 7 heteroatoms. The first-order chi connectivity index (χ1) is 11.8. The molecule has 0 N–H and O–H groups in total. The van der Waals surface area contributed by atoms with E-state index in [1.165, 1.54) is 38.5 Å². The third kappa shape index (κ3) is 3.17. The van der Waals surface area contributed by atoms with Gasteiger partial charge >= 0.3 is 11.8 Å². The van der Waals surface area contributed by atoms with Crippen molar-refractivity contribution in [2.45, 2.75) is 6.18 Å². The van der Waals surface area contributed by atoms with Crippen LogP contribution in [0.25, 0.3) is 22.1 Å². The van der Waals surface area contributed by atoms with Gasteiger partial charge in [0.1, 0.15) is 5.58 Å². The molecule has 0 saturated heterocycles. The normalized spacial score (nSPS) is 11.6. The van der Waals surface area contributed by atoms with Crippen LogP contribution in [0.15, 0.2) is 51.7 Å². The SMILES string of the molecule is COc1cc2oc(=O)cc(-c3ccc(C(F)(F)F)cc3)c2cc1OC. The van der Waals surface area contributed by atoms with E-state index in [1.807, 2.05) is 0 Å². The predicted octanol–water partition coefficient (Wildman–Crippen LogP) is 4.50. The molecular formula is C18H13F3O4. The maximum atomic E-state index is 12.7. The number of alkyl halides is 3. The summed E-state index contributed by atoms with van der Waals surface area (Å²) in [6.07, 6.45) is -4.42. The van der Waals surface area contributed by atoms with Crippen LogP contribution in [0.5, 0.6) is 11.5 Å². The number of hydrogen-bond donors (Lipinski definition) is 0. The van der Waals surface area contributed by atoms with E-state index >= 15 is 0 Å². The van der Waals surface area contributed by atoms with Gasteiger partial charge in [0.2, 0.25) is 0 Å². The molecule has 0 aliphatic heterocycles. The van der Waals surface area contributed by atoms with E-state index in [-0.39, 0.29) is 5.58 Å². The molecule has 1 aromatic heterocycles. The highest BCUT2D eigenvalue weighted by atomic mass is 19.4. The van der Waals surface area contributed by atoms with Gasteiger partial charge in [-0.1, -0.05) is 12.1 Å². The largest absolute Gasteiger partial charge is 0.493 e. The molecule has 0 aliphatic carbocycles. The smallest absolute Gasteiger partial charge is 0.416 e. The average Bonchev–Trinajstić information content (AvgIpc) is 2.59. The molecule has 130 valence electrons. The van der Waals surface area contributed by atoms with E-state index in [0.717, 1.165) is 12.1 Å². The molecule has 0 aliphatic rings. The second-order valence-corrected chi connectivity index (χ2v) is 5.26. The van der Waals surface area contributed by atoms with Crippen LogP contribution in [0, 0.1) is 0 Å². The lowest BCUT2D eigenvalue weighted by atomic mass is 10.0. The number of halogens is 3. The maximum Gasteiger partial charge on any atom is 0.416 e. The van der Waals surface area contributed by atoms with Gasteiger partial charge < -0.3 is 13.9 Å². The Morgan fingerprint density at radius 2 is 1.52 bits per heavy atom. The number of fused-ring (bicyclic) bond motifs is 1. The highest BCUT2D eigenvalue weighted by Crippen LogP contribution is 2.37. The molecule has 3 aromatic rings. The van der Waals surface area contributed by atoms with Crippen molar-refractivity contribution in [1.29, 1.82) is 0 Å². The van der Waals surface area contributed by atoms with E-state index in [1.54, 1.807) is 6.07 Å². The summed E-state index contributed by atoms with van der Waals surface area (Å²) >= 11 is 0. The third-order valence-corrected chi connectivity index (χ3v) is 3.77. The lowest BCUT2D eigenvalue weighted by molar-refractivity contribution is -0.137. The highest BCUT2D eigenvalue weighted by Gasteiger charge is 2.30. The minimum atomic E-state index is -4.42. The summed E-state index contributed by atoms with van der Waals surface area (Å²) in [6.45, 7) is 0. The Morgan fingerprint density at radius 1 is 0.920 bits per heavy atom. The number of methoxy groups -OCH3 is 2. The molecule has 1 heterocycles. The molecule has 0 fully saturated rings. The van der Waals surface area contributed by atoms with Crippen LogP contribution in [-0.4, -0.2) is 14.2 Å². The monoisotopic (exact) mass is 350 g/mol. The molecule has 0 saturated carbocycles. The van der Waals surface area contributed by atoms with Gasteiger partial charge in [0, 0.05) is 17.5 Å². The van der Waals surface area contributed by atoms with E-state index in [9.17, 15) is 18.0 Å². The fraction of sp³-hybridized carbons (Fsp3) is 0.167. The van der Waals surface area contributed by atoms with Crippen LogP contribution in [0.4, 0.5) is 13.2 Å². The first kappa shape index (κ1) is 16.9. The van der Waals surface area contributed by atoms with Gasteiger partial charge in [-0.3, -0.25) is 0 Å². The van der Waals surface area contributed by atoms with Crippen LogP contribution >= 0.6 is 0 Å². The summed E-state index contributed by atoms with van der Waals surface area (Å²) in [5.74, 6) is 0.791. The van der Waals surface area contributed by atoms with Crippen molar-refractivity contribution in [3.8, 4) is 22.6 Å². The van der Waals surface area contributed by atoms with E-state index in [2.05, 4.69) is 0 Å². The first-order valence-electron chi connectivity index (χ1n) is 7.21. The first-order valence-corrected chi connectivity index (χ1v) is 7.21. The van der Waals surface area contributed by atoms with E-state index < -0.39 is 17.4 Å². The number of benzene rings is 2. The summed E-state index contributed by atoms with van der Waals surface area (Å²) in [5.41, 5.74) is -0.225. The van der Waals surface area contributed by atoms with Gasteiger partial charge in [-0.25, -0.2) is 4.79 Å². The number of ether oxygens (including phenoxy) is 2. The molecule has 25 heavy (non-hydrogen) atoms. The Labute approximate surface area is 140 Å². The van der Waals surface area contributed by atoms with Gasteiger partial charge in [0.25, 0.3) is 0 Å². The van der Waals surface area contributed by atoms with Crippen LogP contribution in [-0.2, 0) is 6.18 Å². The minimum Gasteiger partial charge on any atom is -0.493 e. The van der Waals surface area contributed by atoms with Crippen molar-refractivity contribution in [1.82, 2.24) is 0 Å². The average molecular weight is 350 g/mol. The summed E-state index contributed by atoms with van der Waals surface area (Å²) in [5, 5.41) is 0.525. The lowest BCUT2D eigenvalue weighted by Crippen LogP contribution is -2.04. The Morgan fingerprint density at radius 3 is 2.08 bits per heavy atom. The van der Waals surface area contributed by atoms with Crippen LogP contribution in [0.3, 0.4) is 0 Å². The van der Waals surface area contributed by atoms with Crippen LogP contribution < -0.4 is 15.1 Å². The lowest BCUT2D eigenvalue weighted by Gasteiger charge is -2.12. The Kier molecular flexibility index (Phi) is 4.16. The Hall–Kier alpha value is -2.96. The van der Waals surface area contributed by atoms with Crippen LogP contribution in [0.2, 0.25) is 0 Å². The summed E-state index contributed by atoms with van der Waals surface area (Å²) in [7, 11) is 2.90. The van der Waals surface area contributed by atoms with Crippen molar-refractivity contribution in [3.63, 3.8) is 0 Å². The van der Waals surface area contributed by atoms with Crippen molar-refractivity contribution in [2.75, 3.05) is 14.2 Å². The molecule has 2 aromatic carbocycles. The number of hydrogen-bond acceptors (Lipinski definition) is 4.